The van der Waals surface area contributed by atoms with Crippen molar-refractivity contribution in [2.45, 2.75) is 64.8 Å². The molecule has 5 nitrogen and oxygen atoms in total. The van der Waals surface area contributed by atoms with E-state index < -0.39 is 0 Å². The fourth-order valence-electron chi connectivity index (χ4n) is 2.16. The van der Waals surface area contributed by atoms with E-state index in [2.05, 4.69) is 17.3 Å². The Bertz CT molecular complexity index is 376. The van der Waals surface area contributed by atoms with E-state index in [4.69, 9.17) is 5.73 Å². The van der Waals surface area contributed by atoms with Gasteiger partial charge in [0.05, 0.1) is 0 Å². The van der Waals surface area contributed by atoms with Gasteiger partial charge in [0.1, 0.15) is 12.4 Å². The van der Waals surface area contributed by atoms with Gasteiger partial charge in [-0.1, -0.05) is 51.9 Å². The predicted octanol–water partition coefficient (Wildman–Crippen LogP) is 2.72. The minimum absolute atomic E-state index is 0.00366. The zero-order valence-electron chi connectivity index (χ0n) is 12.6. The Kier molecular flexibility index (Phi) is 8.51. The monoisotopic (exact) mass is 280 g/mol. The number of hydrogen-bond donors (Lipinski definition) is 2. The van der Waals surface area contributed by atoms with E-state index in [1.54, 1.807) is 16.9 Å². The van der Waals surface area contributed by atoms with Crippen LogP contribution in [0.2, 0.25) is 0 Å². The van der Waals surface area contributed by atoms with Gasteiger partial charge in [0.25, 0.3) is 0 Å². The Morgan fingerprint density at radius 2 is 1.85 bits per heavy atom. The Hall–Kier alpha value is -1.52. The molecule has 3 N–H and O–H groups in total. The molecule has 0 aliphatic rings. The van der Waals surface area contributed by atoms with Crippen LogP contribution in [-0.2, 0) is 11.3 Å². The third-order valence-corrected chi connectivity index (χ3v) is 3.32. The van der Waals surface area contributed by atoms with Gasteiger partial charge in [-0.3, -0.25) is 9.48 Å². The molecule has 1 heterocycles. The van der Waals surface area contributed by atoms with Crippen molar-refractivity contribution in [1.82, 2.24) is 15.1 Å². The van der Waals surface area contributed by atoms with Crippen LogP contribution in [0.25, 0.3) is 0 Å². The molecule has 114 valence electrons. The number of nitrogens with two attached hydrogens (primary N) is 1. The number of carbonyl (C=O) groups is 1. The first-order valence-corrected chi connectivity index (χ1v) is 7.78. The van der Waals surface area contributed by atoms with Crippen molar-refractivity contribution in [3.05, 3.63) is 12.3 Å². The summed E-state index contributed by atoms with van der Waals surface area (Å²) in [6.07, 6.45) is 11.9. The molecule has 0 saturated heterocycles. The Morgan fingerprint density at radius 3 is 2.45 bits per heavy atom. The van der Waals surface area contributed by atoms with Crippen LogP contribution in [0.3, 0.4) is 0 Å². The fourth-order valence-corrected chi connectivity index (χ4v) is 2.16. The number of nitrogens with zero attached hydrogens (tertiary/aromatic N) is 2. The number of rotatable bonds is 11. The fraction of sp³-hybridized carbons (Fsp3) is 0.733. The molecule has 0 aliphatic carbocycles. The zero-order valence-corrected chi connectivity index (χ0v) is 12.6. The van der Waals surface area contributed by atoms with Gasteiger partial charge in [0, 0.05) is 12.7 Å². The molecule has 0 radical (unpaired) electrons. The second-order valence-electron chi connectivity index (χ2n) is 5.26. The lowest BCUT2D eigenvalue weighted by Gasteiger charge is -2.05. The molecule has 0 unspecified atom stereocenters. The largest absolute Gasteiger partial charge is 0.382 e. The molecule has 1 aromatic heterocycles. The Balaban J connectivity index is 1.92. The van der Waals surface area contributed by atoms with E-state index in [1.165, 1.54) is 44.9 Å². The summed E-state index contributed by atoms with van der Waals surface area (Å²) in [5.41, 5.74) is 5.49. The number of aromatic nitrogens is 2. The van der Waals surface area contributed by atoms with Crippen LogP contribution in [0.5, 0.6) is 0 Å². The van der Waals surface area contributed by atoms with Crippen LogP contribution in [0.15, 0.2) is 12.3 Å². The number of unbranched alkanes of at least 4 members (excludes halogenated alkanes) is 7. The molecular formula is C15H28N4O. The average Bonchev–Trinajstić information content (AvgIpc) is 2.82. The SMILES string of the molecule is CCCCCCCCCCNC(=O)Cn1ccc(N)n1. The van der Waals surface area contributed by atoms with Crippen molar-refractivity contribution < 1.29 is 4.79 Å². The minimum atomic E-state index is -0.00366. The molecule has 0 aliphatic heterocycles. The van der Waals surface area contributed by atoms with Crippen molar-refractivity contribution >= 4 is 11.7 Å². The smallest absolute Gasteiger partial charge is 0.241 e. The molecule has 0 fully saturated rings. The summed E-state index contributed by atoms with van der Waals surface area (Å²) in [6.45, 7) is 3.24. The number of nitrogens with one attached hydrogen (secondary N) is 1. The molecule has 0 aromatic carbocycles. The first-order chi connectivity index (χ1) is 9.72. The van der Waals surface area contributed by atoms with E-state index >= 15 is 0 Å². The van der Waals surface area contributed by atoms with Crippen molar-refractivity contribution in [3.63, 3.8) is 0 Å². The van der Waals surface area contributed by atoms with Crippen LogP contribution in [0.4, 0.5) is 5.82 Å². The van der Waals surface area contributed by atoms with E-state index in [0.717, 1.165) is 13.0 Å². The summed E-state index contributed by atoms with van der Waals surface area (Å²) < 4.78 is 1.55. The second kappa shape index (κ2) is 10.3. The molecule has 5 heteroatoms. The summed E-state index contributed by atoms with van der Waals surface area (Å²) in [5.74, 6) is 0.442. The van der Waals surface area contributed by atoms with Gasteiger partial charge < -0.3 is 11.1 Å². The van der Waals surface area contributed by atoms with Gasteiger partial charge in [0.2, 0.25) is 5.91 Å². The first-order valence-electron chi connectivity index (χ1n) is 7.78. The molecule has 20 heavy (non-hydrogen) atoms. The zero-order chi connectivity index (χ0) is 14.6. The quantitative estimate of drug-likeness (QED) is 0.612. The van der Waals surface area contributed by atoms with Crippen molar-refractivity contribution in [2.24, 2.45) is 0 Å². The van der Waals surface area contributed by atoms with Crippen LogP contribution < -0.4 is 11.1 Å². The van der Waals surface area contributed by atoms with Gasteiger partial charge in [-0.25, -0.2) is 0 Å². The molecular weight excluding hydrogens is 252 g/mol. The first kappa shape index (κ1) is 16.5. The highest BCUT2D eigenvalue weighted by Crippen LogP contribution is 2.07. The van der Waals surface area contributed by atoms with Crippen molar-refractivity contribution in [1.29, 1.82) is 0 Å². The highest BCUT2D eigenvalue weighted by atomic mass is 16.2. The van der Waals surface area contributed by atoms with Gasteiger partial charge >= 0.3 is 0 Å². The third kappa shape index (κ3) is 7.81. The molecule has 1 amide bonds. The van der Waals surface area contributed by atoms with E-state index in [-0.39, 0.29) is 12.5 Å². The van der Waals surface area contributed by atoms with Gasteiger partial charge in [-0.15, -0.1) is 0 Å². The highest BCUT2D eigenvalue weighted by Gasteiger charge is 2.02. The van der Waals surface area contributed by atoms with E-state index in [0.29, 0.717) is 5.82 Å². The number of amides is 1. The van der Waals surface area contributed by atoms with Gasteiger partial charge in [0.15, 0.2) is 0 Å². The van der Waals surface area contributed by atoms with E-state index in [9.17, 15) is 4.79 Å². The Labute approximate surface area is 121 Å². The van der Waals surface area contributed by atoms with Crippen LogP contribution in [-0.4, -0.2) is 22.2 Å². The normalized spacial score (nSPS) is 10.7. The van der Waals surface area contributed by atoms with E-state index in [1.807, 2.05) is 0 Å². The molecule has 0 saturated carbocycles. The summed E-state index contributed by atoms with van der Waals surface area (Å²) in [4.78, 5) is 11.6. The lowest BCUT2D eigenvalue weighted by molar-refractivity contribution is -0.121. The summed E-state index contributed by atoms with van der Waals surface area (Å²) in [7, 11) is 0. The average molecular weight is 280 g/mol. The minimum Gasteiger partial charge on any atom is -0.382 e. The molecule has 0 bridgehead atoms. The molecule has 1 aromatic rings. The van der Waals surface area contributed by atoms with Crippen molar-refractivity contribution in [2.75, 3.05) is 12.3 Å². The summed E-state index contributed by atoms with van der Waals surface area (Å²) in [6, 6.07) is 1.69. The topological polar surface area (TPSA) is 72.9 Å². The van der Waals surface area contributed by atoms with Crippen LogP contribution >= 0.6 is 0 Å². The van der Waals surface area contributed by atoms with Crippen LogP contribution in [0, 0.1) is 0 Å². The lowest BCUT2D eigenvalue weighted by Crippen LogP contribution is -2.28. The van der Waals surface area contributed by atoms with Gasteiger partial charge in [-0.2, -0.15) is 5.10 Å². The summed E-state index contributed by atoms with van der Waals surface area (Å²) >= 11 is 0. The maximum absolute atomic E-state index is 11.6. The summed E-state index contributed by atoms with van der Waals surface area (Å²) in [5, 5.41) is 6.89. The predicted molar refractivity (Wildman–Crippen MR) is 82.3 cm³/mol. The highest BCUT2D eigenvalue weighted by molar-refractivity contribution is 5.75. The lowest BCUT2D eigenvalue weighted by atomic mass is 10.1. The standard InChI is InChI=1S/C15H28N4O/c1-2-3-4-5-6-7-8-9-11-17-15(20)13-19-12-10-14(16)18-19/h10,12H,2-9,11,13H2,1H3,(H2,16,18)(H,17,20). The number of hydrogen-bond acceptors (Lipinski definition) is 3. The molecule has 0 atom stereocenters. The maximum Gasteiger partial charge on any atom is 0.241 e. The molecule has 1 rings (SSSR count). The number of nitrogen functional groups attached to an aromatic ring is 1. The third-order valence-electron chi connectivity index (χ3n) is 3.32. The Morgan fingerprint density at radius 1 is 1.20 bits per heavy atom. The second-order valence-corrected chi connectivity index (χ2v) is 5.26. The van der Waals surface area contributed by atoms with Crippen LogP contribution in [0.1, 0.15) is 58.3 Å². The number of carbonyl (C=O) groups excluding carboxylic acids is 1. The number of anilines is 1. The molecule has 0 spiro atoms. The van der Waals surface area contributed by atoms with Crippen molar-refractivity contribution in [3.8, 4) is 0 Å². The van der Waals surface area contributed by atoms with Gasteiger partial charge in [-0.05, 0) is 12.5 Å². The maximum atomic E-state index is 11.6.